The van der Waals surface area contributed by atoms with E-state index in [-0.39, 0.29) is 24.1 Å². The topological polar surface area (TPSA) is 61.4 Å². The molecule has 0 aromatic heterocycles. The first-order chi connectivity index (χ1) is 11.1. The van der Waals surface area contributed by atoms with Crippen LogP contribution in [0.5, 0.6) is 0 Å². The van der Waals surface area contributed by atoms with Gasteiger partial charge < -0.3 is 15.5 Å². The Kier molecular flexibility index (Phi) is 4.23. The van der Waals surface area contributed by atoms with Crippen LogP contribution in [0.2, 0.25) is 0 Å². The highest BCUT2D eigenvalue weighted by Gasteiger charge is 2.31. The molecule has 0 radical (unpaired) electrons. The zero-order valence-electron chi connectivity index (χ0n) is 12.3. The Morgan fingerprint density at radius 2 is 1.78 bits per heavy atom. The number of nitrogens with zero attached hydrogens (tertiary/aromatic N) is 1. The summed E-state index contributed by atoms with van der Waals surface area (Å²) in [6, 6.07) is 14.4. The fraction of sp³-hybridized carbons (Fsp3) is 0.176. The van der Waals surface area contributed by atoms with E-state index in [0.717, 1.165) is 5.69 Å². The minimum Gasteiger partial charge on any atom is -0.333 e. The number of amides is 3. The van der Waals surface area contributed by atoms with E-state index < -0.39 is 11.8 Å². The molecule has 0 spiro atoms. The van der Waals surface area contributed by atoms with Gasteiger partial charge >= 0.3 is 6.03 Å². The van der Waals surface area contributed by atoms with Crippen LogP contribution in [0.25, 0.3) is 0 Å². The minimum absolute atomic E-state index is 0.0487. The van der Waals surface area contributed by atoms with Gasteiger partial charge in [0.1, 0.15) is 5.82 Å². The summed E-state index contributed by atoms with van der Waals surface area (Å²) < 4.78 is 13.5. The van der Waals surface area contributed by atoms with E-state index in [1.165, 1.54) is 12.1 Å². The average molecular weight is 313 g/mol. The van der Waals surface area contributed by atoms with Crippen molar-refractivity contribution in [1.29, 1.82) is 0 Å². The van der Waals surface area contributed by atoms with E-state index >= 15 is 0 Å². The lowest BCUT2D eigenvalue weighted by atomic mass is 10.2. The molecule has 23 heavy (non-hydrogen) atoms. The molecule has 1 atom stereocenters. The number of anilines is 2. The summed E-state index contributed by atoms with van der Waals surface area (Å²) in [5.74, 6) is -0.552. The molecular weight excluding hydrogens is 297 g/mol. The van der Waals surface area contributed by atoms with Crippen LogP contribution in [0, 0.1) is 5.82 Å². The predicted octanol–water partition coefficient (Wildman–Crippen LogP) is 2.75. The molecule has 0 aliphatic carbocycles. The van der Waals surface area contributed by atoms with Gasteiger partial charge in [-0.05, 0) is 24.3 Å². The van der Waals surface area contributed by atoms with E-state index in [4.69, 9.17) is 0 Å². The van der Waals surface area contributed by atoms with Gasteiger partial charge in [-0.25, -0.2) is 9.18 Å². The van der Waals surface area contributed by atoms with Gasteiger partial charge in [-0.1, -0.05) is 30.3 Å². The van der Waals surface area contributed by atoms with Crippen molar-refractivity contribution in [2.75, 3.05) is 16.8 Å². The fourth-order valence-corrected chi connectivity index (χ4v) is 2.57. The number of benzene rings is 2. The monoisotopic (exact) mass is 313 g/mol. The van der Waals surface area contributed by atoms with Gasteiger partial charge in [0.25, 0.3) is 0 Å². The quantitative estimate of drug-likeness (QED) is 0.915. The number of halogens is 1. The Morgan fingerprint density at radius 1 is 1.09 bits per heavy atom. The normalized spacial score (nSPS) is 17.2. The Labute approximate surface area is 133 Å². The van der Waals surface area contributed by atoms with Gasteiger partial charge in [0.2, 0.25) is 5.91 Å². The third kappa shape index (κ3) is 3.48. The fourth-order valence-electron chi connectivity index (χ4n) is 2.57. The molecule has 2 aromatic rings. The molecule has 2 N–H and O–H groups in total. The van der Waals surface area contributed by atoms with Crippen LogP contribution in [0.3, 0.4) is 0 Å². The zero-order valence-corrected chi connectivity index (χ0v) is 12.3. The van der Waals surface area contributed by atoms with Crippen LogP contribution in [0.15, 0.2) is 54.6 Å². The van der Waals surface area contributed by atoms with Gasteiger partial charge in [-0.15, -0.1) is 0 Å². The number of carbonyl (C=O) groups excluding carboxylic acids is 2. The molecule has 1 aliphatic rings. The Bertz CT molecular complexity index is 721. The van der Waals surface area contributed by atoms with E-state index in [1.807, 2.05) is 30.3 Å². The summed E-state index contributed by atoms with van der Waals surface area (Å²) in [6.07, 6.45) is 0.222. The highest BCUT2D eigenvalue weighted by molar-refractivity contribution is 5.97. The van der Waals surface area contributed by atoms with Gasteiger partial charge in [0.05, 0.1) is 11.7 Å². The standard InChI is InChI=1S/C17H16FN3O2/c18-14-8-4-5-9-15(14)20-17(23)19-12-10-16(22)21(11-12)13-6-2-1-3-7-13/h1-9,12H,10-11H2,(H2,19,20,23)/t12-/m0/s1. The van der Waals surface area contributed by atoms with Crippen molar-refractivity contribution in [1.82, 2.24) is 5.32 Å². The number of carbonyl (C=O) groups is 2. The molecule has 0 bridgehead atoms. The maximum absolute atomic E-state index is 13.5. The highest BCUT2D eigenvalue weighted by Crippen LogP contribution is 2.21. The first-order valence-corrected chi connectivity index (χ1v) is 7.31. The summed E-state index contributed by atoms with van der Waals surface area (Å²) >= 11 is 0. The van der Waals surface area contributed by atoms with Crippen LogP contribution in [-0.2, 0) is 4.79 Å². The number of hydrogen-bond acceptors (Lipinski definition) is 2. The number of hydrogen-bond donors (Lipinski definition) is 2. The van der Waals surface area contributed by atoms with Crippen LogP contribution in [0.4, 0.5) is 20.6 Å². The first-order valence-electron chi connectivity index (χ1n) is 7.31. The van der Waals surface area contributed by atoms with Crippen molar-refractivity contribution in [3.05, 3.63) is 60.4 Å². The molecule has 1 saturated heterocycles. The lowest BCUT2D eigenvalue weighted by Gasteiger charge is -2.17. The Balaban J connectivity index is 1.60. The van der Waals surface area contributed by atoms with Crippen LogP contribution >= 0.6 is 0 Å². The molecule has 3 amide bonds. The summed E-state index contributed by atoms with van der Waals surface area (Å²) in [7, 11) is 0. The molecule has 0 unspecified atom stereocenters. The zero-order chi connectivity index (χ0) is 16.2. The van der Waals surface area contributed by atoms with Gasteiger partial charge in [-0.2, -0.15) is 0 Å². The number of urea groups is 1. The minimum atomic E-state index is -0.525. The molecular formula is C17H16FN3O2. The van der Waals surface area contributed by atoms with E-state index in [1.54, 1.807) is 17.0 Å². The number of nitrogens with one attached hydrogen (secondary N) is 2. The van der Waals surface area contributed by atoms with Crippen LogP contribution in [-0.4, -0.2) is 24.5 Å². The second-order valence-corrected chi connectivity index (χ2v) is 5.32. The average Bonchev–Trinajstić information content (AvgIpc) is 2.91. The van der Waals surface area contributed by atoms with Gasteiger partial charge in [-0.3, -0.25) is 4.79 Å². The van der Waals surface area contributed by atoms with Crippen molar-refractivity contribution < 1.29 is 14.0 Å². The Hall–Kier alpha value is -2.89. The molecule has 6 heteroatoms. The van der Waals surface area contributed by atoms with E-state index in [9.17, 15) is 14.0 Å². The van der Waals surface area contributed by atoms with Crippen molar-refractivity contribution >= 4 is 23.3 Å². The van der Waals surface area contributed by atoms with E-state index in [0.29, 0.717) is 6.54 Å². The Morgan fingerprint density at radius 3 is 2.52 bits per heavy atom. The second-order valence-electron chi connectivity index (χ2n) is 5.32. The smallest absolute Gasteiger partial charge is 0.319 e. The molecule has 1 aliphatic heterocycles. The van der Waals surface area contributed by atoms with Crippen molar-refractivity contribution in [3.8, 4) is 0 Å². The summed E-state index contributed by atoms with van der Waals surface area (Å²) in [4.78, 5) is 25.7. The van der Waals surface area contributed by atoms with Gasteiger partial charge in [0.15, 0.2) is 0 Å². The largest absolute Gasteiger partial charge is 0.333 e. The number of para-hydroxylation sites is 2. The third-order valence-electron chi connectivity index (χ3n) is 3.65. The molecule has 2 aromatic carbocycles. The van der Waals surface area contributed by atoms with Crippen molar-refractivity contribution in [2.45, 2.75) is 12.5 Å². The highest BCUT2D eigenvalue weighted by atomic mass is 19.1. The summed E-state index contributed by atoms with van der Waals surface area (Å²) in [6.45, 7) is 0.396. The van der Waals surface area contributed by atoms with Crippen molar-refractivity contribution in [3.63, 3.8) is 0 Å². The van der Waals surface area contributed by atoms with Crippen molar-refractivity contribution in [2.24, 2.45) is 0 Å². The maximum Gasteiger partial charge on any atom is 0.319 e. The molecule has 5 nitrogen and oxygen atoms in total. The number of rotatable bonds is 3. The third-order valence-corrected chi connectivity index (χ3v) is 3.65. The molecule has 118 valence electrons. The molecule has 1 heterocycles. The second kappa shape index (κ2) is 6.48. The van der Waals surface area contributed by atoms with Gasteiger partial charge in [0, 0.05) is 18.7 Å². The van der Waals surface area contributed by atoms with Crippen LogP contribution < -0.4 is 15.5 Å². The summed E-state index contributed by atoms with van der Waals surface area (Å²) in [5, 5.41) is 5.16. The first kappa shape index (κ1) is 15.0. The maximum atomic E-state index is 13.5. The SMILES string of the molecule is O=C(Nc1ccccc1F)N[C@H]1CC(=O)N(c2ccccc2)C1. The molecule has 0 saturated carbocycles. The predicted molar refractivity (Wildman–Crippen MR) is 85.8 cm³/mol. The lowest BCUT2D eigenvalue weighted by molar-refractivity contribution is -0.117. The van der Waals surface area contributed by atoms with Crippen LogP contribution in [0.1, 0.15) is 6.42 Å². The summed E-state index contributed by atoms with van der Waals surface area (Å²) in [5.41, 5.74) is 0.908. The molecule has 1 fully saturated rings. The van der Waals surface area contributed by atoms with E-state index in [2.05, 4.69) is 10.6 Å². The lowest BCUT2D eigenvalue weighted by Crippen LogP contribution is -2.39. The molecule has 3 rings (SSSR count).